The zero-order valence-corrected chi connectivity index (χ0v) is 13.6. The van der Waals surface area contributed by atoms with Crippen molar-refractivity contribution in [3.05, 3.63) is 0 Å². The van der Waals surface area contributed by atoms with E-state index in [1.807, 2.05) is 20.8 Å². The topological polar surface area (TPSA) is 67.9 Å². The number of likely N-dealkylation sites (tertiary alicyclic amines) is 1. The molecule has 0 aromatic carbocycles. The van der Waals surface area contributed by atoms with E-state index in [9.17, 15) is 9.59 Å². The first-order chi connectivity index (χ1) is 9.81. The van der Waals surface area contributed by atoms with Gasteiger partial charge in [0.1, 0.15) is 5.60 Å². The Morgan fingerprint density at radius 3 is 2.67 bits per heavy atom. The molecule has 0 aliphatic carbocycles. The summed E-state index contributed by atoms with van der Waals surface area (Å²) >= 11 is 0. The van der Waals surface area contributed by atoms with Crippen molar-refractivity contribution < 1.29 is 19.1 Å². The summed E-state index contributed by atoms with van der Waals surface area (Å²) in [7, 11) is 1.40. The molecule has 1 aliphatic heterocycles. The van der Waals surface area contributed by atoms with Gasteiger partial charge in [0.2, 0.25) is 0 Å². The maximum absolute atomic E-state index is 12.0. The predicted octanol–water partition coefficient (Wildman–Crippen LogP) is 1.93. The number of esters is 1. The summed E-state index contributed by atoms with van der Waals surface area (Å²) in [6.07, 6.45) is 2.93. The molecule has 1 rings (SSSR count). The molecule has 122 valence electrons. The summed E-state index contributed by atoms with van der Waals surface area (Å²) in [6.45, 7) is 7.77. The number of rotatable bonds is 5. The number of ether oxygens (including phenoxy) is 2. The van der Waals surface area contributed by atoms with Gasteiger partial charge in [0, 0.05) is 25.6 Å². The zero-order valence-electron chi connectivity index (χ0n) is 13.6. The quantitative estimate of drug-likeness (QED) is 0.620. The third-order valence-corrected chi connectivity index (χ3v) is 3.29. The number of carbonyl (C=O) groups is 2. The summed E-state index contributed by atoms with van der Waals surface area (Å²) in [5, 5.41) is 3.39. The van der Waals surface area contributed by atoms with Crippen LogP contribution in [0.25, 0.3) is 0 Å². The van der Waals surface area contributed by atoms with Gasteiger partial charge >= 0.3 is 12.1 Å². The Morgan fingerprint density at radius 2 is 2.05 bits per heavy atom. The molecule has 1 amide bonds. The van der Waals surface area contributed by atoms with Gasteiger partial charge in [0.05, 0.1) is 7.11 Å². The molecule has 0 spiro atoms. The SMILES string of the molecule is COC(=O)CCCNC1CCCN(C(=O)OC(C)(C)C)C1. The highest BCUT2D eigenvalue weighted by Gasteiger charge is 2.27. The van der Waals surface area contributed by atoms with Crippen LogP contribution in [-0.4, -0.2) is 55.3 Å². The lowest BCUT2D eigenvalue weighted by atomic mass is 10.1. The lowest BCUT2D eigenvalue weighted by Crippen LogP contribution is -2.49. The van der Waals surface area contributed by atoms with Gasteiger partial charge in [-0.05, 0) is 46.6 Å². The monoisotopic (exact) mass is 300 g/mol. The number of carbonyl (C=O) groups excluding carboxylic acids is 2. The lowest BCUT2D eigenvalue weighted by molar-refractivity contribution is -0.140. The molecule has 0 radical (unpaired) electrons. The van der Waals surface area contributed by atoms with Crippen LogP contribution in [0.3, 0.4) is 0 Å². The van der Waals surface area contributed by atoms with Crippen molar-refractivity contribution in [2.24, 2.45) is 0 Å². The molecule has 1 atom stereocenters. The number of hydrogen-bond acceptors (Lipinski definition) is 5. The Labute approximate surface area is 127 Å². The van der Waals surface area contributed by atoms with E-state index in [1.54, 1.807) is 4.90 Å². The van der Waals surface area contributed by atoms with Crippen LogP contribution in [0.2, 0.25) is 0 Å². The third kappa shape index (κ3) is 7.32. The molecule has 0 aromatic heterocycles. The van der Waals surface area contributed by atoms with Crippen LogP contribution in [0.4, 0.5) is 4.79 Å². The number of amides is 1. The van der Waals surface area contributed by atoms with E-state index in [1.165, 1.54) is 7.11 Å². The molecule has 1 N–H and O–H groups in total. The fraction of sp³-hybridized carbons (Fsp3) is 0.867. The number of nitrogens with zero attached hydrogens (tertiary/aromatic N) is 1. The smallest absolute Gasteiger partial charge is 0.410 e. The Hall–Kier alpha value is -1.30. The second kappa shape index (κ2) is 8.22. The van der Waals surface area contributed by atoms with Gasteiger partial charge in [0.25, 0.3) is 0 Å². The first-order valence-electron chi connectivity index (χ1n) is 7.60. The Bertz CT molecular complexity index is 352. The lowest BCUT2D eigenvalue weighted by Gasteiger charge is -2.34. The molecule has 6 nitrogen and oxygen atoms in total. The Morgan fingerprint density at radius 1 is 1.33 bits per heavy atom. The van der Waals surface area contributed by atoms with Crippen molar-refractivity contribution in [3.63, 3.8) is 0 Å². The highest BCUT2D eigenvalue weighted by molar-refractivity contribution is 5.69. The highest BCUT2D eigenvalue weighted by atomic mass is 16.6. The summed E-state index contributed by atoms with van der Waals surface area (Å²) in [5.74, 6) is -0.184. The minimum absolute atomic E-state index is 0.184. The Kier molecular flexibility index (Phi) is 6.95. The molecule has 1 saturated heterocycles. The number of piperidine rings is 1. The third-order valence-electron chi connectivity index (χ3n) is 3.29. The van der Waals surface area contributed by atoms with E-state index >= 15 is 0 Å². The highest BCUT2D eigenvalue weighted by Crippen LogP contribution is 2.15. The van der Waals surface area contributed by atoms with Gasteiger partial charge < -0.3 is 19.7 Å². The molecule has 1 fully saturated rings. The van der Waals surface area contributed by atoms with Crippen LogP contribution >= 0.6 is 0 Å². The largest absolute Gasteiger partial charge is 0.469 e. The van der Waals surface area contributed by atoms with Crippen LogP contribution < -0.4 is 5.32 Å². The maximum atomic E-state index is 12.0. The van der Waals surface area contributed by atoms with Gasteiger partial charge in [-0.3, -0.25) is 4.79 Å². The van der Waals surface area contributed by atoms with Crippen molar-refractivity contribution in [2.45, 2.75) is 58.1 Å². The van der Waals surface area contributed by atoms with E-state index in [0.717, 1.165) is 32.4 Å². The van der Waals surface area contributed by atoms with E-state index in [-0.39, 0.29) is 18.1 Å². The molecule has 0 aromatic rings. The number of hydrogen-bond donors (Lipinski definition) is 1. The van der Waals surface area contributed by atoms with E-state index in [4.69, 9.17) is 4.74 Å². The average Bonchev–Trinajstić information content (AvgIpc) is 2.41. The average molecular weight is 300 g/mol. The molecular weight excluding hydrogens is 272 g/mol. The Balaban J connectivity index is 2.28. The number of nitrogens with one attached hydrogen (secondary N) is 1. The van der Waals surface area contributed by atoms with Gasteiger partial charge in [-0.2, -0.15) is 0 Å². The molecule has 1 unspecified atom stereocenters. The van der Waals surface area contributed by atoms with Crippen LogP contribution in [0.5, 0.6) is 0 Å². The maximum Gasteiger partial charge on any atom is 0.410 e. The molecule has 1 aliphatic rings. The van der Waals surface area contributed by atoms with Crippen LogP contribution in [0, 0.1) is 0 Å². The minimum atomic E-state index is -0.460. The van der Waals surface area contributed by atoms with Gasteiger partial charge in [-0.25, -0.2) is 4.79 Å². The van der Waals surface area contributed by atoms with Crippen molar-refractivity contribution in [3.8, 4) is 0 Å². The summed E-state index contributed by atoms with van der Waals surface area (Å²) in [6, 6.07) is 0.268. The van der Waals surface area contributed by atoms with E-state index in [0.29, 0.717) is 13.0 Å². The summed E-state index contributed by atoms with van der Waals surface area (Å²) < 4.78 is 10.00. The van der Waals surface area contributed by atoms with Gasteiger partial charge in [-0.1, -0.05) is 0 Å². The zero-order chi connectivity index (χ0) is 15.9. The second-order valence-corrected chi connectivity index (χ2v) is 6.40. The van der Waals surface area contributed by atoms with Crippen LogP contribution in [0.1, 0.15) is 46.5 Å². The predicted molar refractivity (Wildman–Crippen MR) is 80.1 cm³/mol. The van der Waals surface area contributed by atoms with E-state index < -0.39 is 5.60 Å². The number of methoxy groups -OCH3 is 1. The molecule has 6 heteroatoms. The standard InChI is InChI=1S/C15H28N2O4/c1-15(2,3)21-14(19)17-10-6-7-12(11-17)16-9-5-8-13(18)20-4/h12,16H,5-11H2,1-4H3. The van der Waals surface area contributed by atoms with Crippen LogP contribution in [0.15, 0.2) is 0 Å². The first kappa shape index (κ1) is 17.8. The van der Waals surface area contributed by atoms with Gasteiger partial charge in [-0.15, -0.1) is 0 Å². The first-order valence-corrected chi connectivity index (χ1v) is 7.60. The fourth-order valence-electron chi connectivity index (χ4n) is 2.28. The summed E-state index contributed by atoms with van der Waals surface area (Å²) in [5.41, 5.74) is -0.460. The molecule has 0 saturated carbocycles. The molecular formula is C15H28N2O4. The molecule has 0 bridgehead atoms. The van der Waals surface area contributed by atoms with Gasteiger partial charge in [0.15, 0.2) is 0 Å². The normalized spacial score (nSPS) is 19.2. The fourth-order valence-corrected chi connectivity index (χ4v) is 2.28. The van der Waals surface area contributed by atoms with Crippen molar-refractivity contribution in [1.82, 2.24) is 10.2 Å². The van der Waals surface area contributed by atoms with Crippen molar-refractivity contribution in [2.75, 3.05) is 26.7 Å². The molecule has 1 heterocycles. The van der Waals surface area contributed by atoms with Crippen molar-refractivity contribution in [1.29, 1.82) is 0 Å². The molecule has 21 heavy (non-hydrogen) atoms. The minimum Gasteiger partial charge on any atom is -0.469 e. The van der Waals surface area contributed by atoms with E-state index in [2.05, 4.69) is 10.1 Å². The second-order valence-electron chi connectivity index (χ2n) is 6.40. The summed E-state index contributed by atoms with van der Waals surface area (Å²) in [4.78, 5) is 24.8. The van der Waals surface area contributed by atoms with Crippen molar-refractivity contribution >= 4 is 12.1 Å². The van der Waals surface area contributed by atoms with Crippen LogP contribution in [-0.2, 0) is 14.3 Å².